The summed E-state index contributed by atoms with van der Waals surface area (Å²) in [6, 6.07) is 7.74. The van der Waals surface area contributed by atoms with Crippen molar-refractivity contribution < 1.29 is 9.26 Å². The Morgan fingerprint density at radius 3 is 2.70 bits per heavy atom. The van der Waals surface area contributed by atoms with Crippen LogP contribution in [-0.2, 0) is 11.3 Å². The summed E-state index contributed by atoms with van der Waals surface area (Å²) in [6.07, 6.45) is 2.44. The Morgan fingerprint density at radius 1 is 1.30 bits per heavy atom. The smallest absolute Gasteiger partial charge is 0.246 e. The maximum Gasteiger partial charge on any atom is 0.246 e. The van der Waals surface area contributed by atoms with Crippen molar-refractivity contribution in [3.05, 3.63) is 35.2 Å². The number of likely N-dealkylation sites (tertiary alicyclic amines) is 1. The van der Waals surface area contributed by atoms with Crippen LogP contribution in [0.25, 0.3) is 11.4 Å². The third kappa shape index (κ3) is 6.97. The highest BCUT2D eigenvalue weighted by Crippen LogP contribution is 2.18. The number of aliphatic imine (C=N–C) groups is 1. The molecule has 0 bridgehead atoms. The number of hydrogen-bond donors (Lipinski definition) is 2. The lowest BCUT2D eigenvalue weighted by Crippen LogP contribution is -2.49. The van der Waals surface area contributed by atoms with Gasteiger partial charge in [-0.2, -0.15) is 4.98 Å². The first-order valence-corrected chi connectivity index (χ1v) is 10.8. The van der Waals surface area contributed by atoms with Crippen LogP contribution in [0.5, 0.6) is 0 Å². The van der Waals surface area contributed by atoms with Crippen molar-refractivity contribution in [1.82, 2.24) is 25.7 Å². The molecular weight excluding hydrogens is 404 g/mol. The zero-order chi connectivity index (χ0) is 21.3. The predicted octanol–water partition coefficient (Wildman–Crippen LogP) is 2.94. The third-order valence-corrected chi connectivity index (χ3v) is 5.24. The van der Waals surface area contributed by atoms with E-state index in [4.69, 9.17) is 20.9 Å². The van der Waals surface area contributed by atoms with E-state index in [2.05, 4.69) is 44.5 Å². The summed E-state index contributed by atoms with van der Waals surface area (Å²) >= 11 is 5.92. The quantitative estimate of drug-likeness (QED) is 0.487. The maximum atomic E-state index is 5.92. The molecule has 0 aliphatic carbocycles. The number of ether oxygens (including phenoxy) is 1. The van der Waals surface area contributed by atoms with Crippen LogP contribution in [0.4, 0.5) is 0 Å². The number of piperidine rings is 1. The van der Waals surface area contributed by atoms with Crippen molar-refractivity contribution in [1.29, 1.82) is 0 Å². The van der Waals surface area contributed by atoms with Gasteiger partial charge < -0.3 is 24.8 Å². The summed E-state index contributed by atoms with van der Waals surface area (Å²) in [4.78, 5) is 11.2. The highest BCUT2D eigenvalue weighted by molar-refractivity contribution is 6.30. The minimum Gasteiger partial charge on any atom is -0.377 e. The molecule has 1 saturated heterocycles. The summed E-state index contributed by atoms with van der Waals surface area (Å²) < 4.78 is 11.0. The van der Waals surface area contributed by atoms with Crippen molar-refractivity contribution in [2.75, 3.05) is 33.3 Å². The number of halogens is 1. The van der Waals surface area contributed by atoms with Gasteiger partial charge in [-0.25, -0.2) is 0 Å². The first kappa shape index (κ1) is 22.5. The molecule has 1 aliphatic heterocycles. The molecule has 1 aromatic heterocycles. The molecule has 2 aromatic rings. The molecule has 2 heterocycles. The van der Waals surface area contributed by atoms with Crippen LogP contribution in [0.2, 0.25) is 5.02 Å². The number of benzene rings is 1. The number of guanidine groups is 1. The molecule has 0 atom stereocenters. The van der Waals surface area contributed by atoms with Crippen molar-refractivity contribution in [3.63, 3.8) is 0 Å². The van der Waals surface area contributed by atoms with Crippen LogP contribution in [0.1, 0.15) is 32.6 Å². The summed E-state index contributed by atoms with van der Waals surface area (Å²) in [5, 5.41) is 11.5. The van der Waals surface area contributed by atoms with Crippen LogP contribution < -0.4 is 10.6 Å². The van der Waals surface area contributed by atoms with E-state index in [9.17, 15) is 0 Å². The molecule has 0 amide bonds. The molecule has 1 fully saturated rings. The van der Waals surface area contributed by atoms with Crippen LogP contribution in [0.15, 0.2) is 33.8 Å². The molecule has 1 aromatic carbocycles. The third-order valence-electron chi connectivity index (χ3n) is 4.99. The lowest BCUT2D eigenvalue weighted by molar-refractivity contribution is 0.0532. The van der Waals surface area contributed by atoms with E-state index >= 15 is 0 Å². The number of hydrogen-bond acceptors (Lipinski definition) is 6. The Bertz CT molecular complexity index is 800. The van der Waals surface area contributed by atoms with Crippen molar-refractivity contribution in [2.45, 2.75) is 45.4 Å². The van der Waals surface area contributed by atoms with Gasteiger partial charge in [-0.05, 0) is 51.0 Å². The van der Waals surface area contributed by atoms with Gasteiger partial charge in [0.2, 0.25) is 11.7 Å². The maximum absolute atomic E-state index is 5.92. The number of rotatable bonds is 8. The average Bonchev–Trinajstić information content (AvgIpc) is 3.21. The molecule has 0 radical (unpaired) electrons. The van der Waals surface area contributed by atoms with E-state index in [0.29, 0.717) is 35.4 Å². The lowest BCUT2D eigenvalue weighted by atomic mass is 10.1. The second-order valence-electron chi connectivity index (χ2n) is 7.62. The van der Waals surface area contributed by atoms with E-state index in [1.165, 1.54) is 0 Å². The van der Waals surface area contributed by atoms with Gasteiger partial charge >= 0.3 is 0 Å². The van der Waals surface area contributed by atoms with Gasteiger partial charge in [0.05, 0.1) is 19.3 Å². The second-order valence-corrected chi connectivity index (χ2v) is 8.06. The van der Waals surface area contributed by atoms with Crippen LogP contribution in [0.3, 0.4) is 0 Å². The Labute approximate surface area is 183 Å². The van der Waals surface area contributed by atoms with Gasteiger partial charge in [0.1, 0.15) is 0 Å². The minimum absolute atomic E-state index is 0.291. The van der Waals surface area contributed by atoms with E-state index in [1.807, 2.05) is 12.1 Å². The molecule has 0 unspecified atom stereocenters. The molecule has 9 heteroatoms. The van der Waals surface area contributed by atoms with Gasteiger partial charge in [0.15, 0.2) is 5.96 Å². The summed E-state index contributed by atoms with van der Waals surface area (Å²) in [7, 11) is 1.76. The topological polar surface area (TPSA) is 87.8 Å². The Hall–Kier alpha value is -2.16. The molecule has 2 N–H and O–H groups in total. The lowest BCUT2D eigenvalue weighted by Gasteiger charge is -2.33. The molecule has 164 valence electrons. The monoisotopic (exact) mass is 434 g/mol. The minimum atomic E-state index is 0.291. The molecule has 30 heavy (non-hydrogen) atoms. The fourth-order valence-corrected chi connectivity index (χ4v) is 3.43. The van der Waals surface area contributed by atoms with E-state index < -0.39 is 0 Å². The Kier molecular flexibility index (Phi) is 8.48. The molecule has 8 nitrogen and oxygen atoms in total. The largest absolute Gasteiger partial charge is 0.377 e. The normalized spacial score (nSPS) is 16.2. The first-order valence-electron chi connectivity index (χ1n) is 10.4. The van der Waals surface area contributed by atoms with Crippen molar-refractivity contribution in [2.24, 2.45) is 4.99 Å². The zero-order valence-electron chi connectivity index (χ0n) is 17.9. The van der Waals surface area contributed by atoms with E-state index in [0.717, 1.165) is 50.6 Å². The summed E-state index contributed by atoms with van der Waals surface area (Å²) in [5.41, 5.74) is 0.863. The molecule has 0 saturated carbocycles. The van der Waals surface area contributed by atoms with Crippen LogP contribution in [0, 0.1) is 0 Å². The summed E-state index contributed by atoms with van der Waals surface area (Å²) in [5.74, 6) is 1.78. The first-order chi connectivity index (χ1) is 14.5. The fraction of sp³-hybridized carbons (Fsp3) is 0.571. The summed E-state index contributed by atoms with van der Waals surface area (Å²) in [6.45, 7) is 8.45. The standard InChI is InChI=1S/C21H31ClN6O2/c1-15(2)29-13-12-28-10-8-18(9-11-28)25-21(23-3)24-14-19-26-20(27-30-19)16-4-6-17(22)7-5-16/h4-7,15,18H,8-14H2,1-3H3,(H2,23,24,25). The SMILES string of the molecule is CN=C(NCc1nc(-c2ccc(Cl)cc2)no1)NC1CCN(CCOC(C)C)CC1. The van der Waals surface area contributed by atoms with Crippen molar-refractivity contribution in [3.8, 4) is 11.4 Å². The number of nitrogens with zero attached hydrogens (tertiary/aromatic N) is 4. The predicted molar refractivity (Wildman–Crippen MR) is 119 cm³/mol. The van der Waals surface area contributed by atoms with E-state index in [-0.39, 0.29) is 0 Å². The molecule has 0 spiro atoms. The molecule has 3 rings (SSSR count). The zero-order valence-corrected chi connectivity index (χ0v) is 18.7. The van der Waals surface area contributed by atoms with Crippen LogP contribution in [-0.4, -0.2) is 66.4 Å². The number of nitrogens with one attached hydrogen (secondary N) is 2. The van der Waals surface area contributed by atoms with Crippen molar-refractivity contribution >= 4 is 17.6 Å². The Balaban J connectivity index is 1.41. The number of aromatic nitrogens is 2. The van der Waals surface area contributed by atoms with Crippen LogP contribution >= 0.6 is 11.6 Å². The average molecular weight is 435 g/mol. The van der Waals surface area contributed by atoms with Gasteiger partial charge in [-0.1, -0.05) is 16.8 Å². The van der Waals surface area contributed by atoms with Gasteiger partial charge in [-0.15, -0.1) is 0 Å². The van der Waals surface area contributed by atoms with Gasteiger partial charge in [0, 0.05) is 43.3 Å². The van der Waals surface area contributed by atoms with E-state index in [1.54, 1.807) is 19.2 Å². The van der Waals surface area contributed by atoms with Gasteiger partial charge in [0.25, 0.3) is 0 Å². The molecular formula is C21H31ClN6O2. The molecule has 1 aliphatic rings. The Morgan fingerprint density at radius 2 is 2.03 bits per heavy atom. The second kappa shape index (κ2) is 11.3. The fourth-order valence-electron chi connectivity index (χ4n) is 3.31. The van der Waals surface area contributed by atoms with Gasteiger partial charge in [-0.3, -0.25) is 4.99 Å². The highest BCUT2D eigenvalue weighted by atomic mass is 35.5. The highest BCUT2D eigenvalue weighted by Gasteiger charge is 2.20.